The number of nitrogens with one attached hydrogen (secondary N) is 1. The number of hydrogen-bond acceptors (Lipinski definition) is 4. The predicted octanol–water partition coefficient (Wildman–Crippen LogP) is 2.31. The highest BCUT2D eigenvalue weighted by atomic mass is 32.2. The van der Waals surface area contributed by atoms with Crippen molar-refractivity contribution in [1.82, 2.24) is 5.32 Å². The zero-order chi connectivity index (χ0) is 19.9. The number of halogens is 2. The van der Waals surface area contributed by atoms with Crippen LogP contribution in [0.25, 0.3) is 0 Å². The Morgan fingerprint density at radius 3 is 2.15 bits per heavy atom. The highest BCUT2D eigenvalue weighted by Gasteiger charge is 2.27. The van der Waals surface area contributed by atoms with E-state index in [4.69, 9.17) is 4.74 Å². The number of methoxy groups -OCH3 is 1. The van der Waals surface area contributed by atoms with E-state index in [-0.39, 0.29) is 10.6 Å². The lowest BCUT2D eigenvalue weighted by atomic mass is 10.3. The second-order valence-electron chi connectivity index (χ2n) is 5.64. The van der Waals surface area contributed by atoms with Crippen LogP contribution in [0.2, 0.25) is 0 Å². The molecule has 0 atom stereocenters. The normalized spacial score (nSPS) is 11.2. The van der Waals surface area contributed by atoms with E-state index in [0.29, 0.717) is 19.6 Å². The van der Waals surface area contributed by atoms with Crippen LogP contribution in [0.15, 0.2) is 53.4 Å². The molecule has 2 rings (SSSR count). The molecule has 0 saturated carbocycles. The molecule has 146 valence electrons. The maximum absolute atomic E-state index is 13.2. The molecule has 0 bridgehead atoms. The summed E-state index contributed by atoms with van der Waals surface area (Å²) in [4.78, 5) is 12.0. The van der Waals surface area contributed by atoms with E-state index in [1.54, 1.807) is 0 Å². The average molecular weight is 398 g/mol. The Bertz CT molecular complexity index is 856. The molecule has 0 fully saturated rings. The van der Waals surface area contributed by atoms with Gasteiger partial charge in [-0.2, -0.15) is 0 Å². The summed E-state index contributed by atoms with van der Waals surface area (Å²) in [6.07, 6.45) is 0.573. The number of nitrogens with zero attached hydrogens (tertiary/aromatic N) is 1. The van der Waals surface area contributed by atoms with Crippen LogP contribution in [0.3, 0.4) is 0 Å². The molecule has 9 heteroatoms. The largest absolute Gasteiger partial charge is 0.385 e. The molecule has 2 aromatic rings. The topological polar surface area (TPSA) is 75.7 Å². The molecule has 0 saturated heterocycles. The quantitative estimate of drug-likeness (QED) is 0.658. The number of ether oxygens (including phenoxy) is 1. The maximum Gasteiger partial charge on any atom is 0.264 e. The monoisotopic (exact) mass is 398 g/mol. The summed E-state index contributed by atoms with van der Waals surface area (Å²) in [5, 5.41) is 2.60. The lowest BCUT2D eigenvalue weighted by Crippen LogP contribution is -2.41. The Hall–Kier alpha value is -2.52. The first-order valence-electron chi connectivity index (χ1n) is 8.14. The summed E-state index contributed by atoms with van der Waals surface area (Å²) in [5.41, 5.74) is 0.118. The van der Waals surface area contributed by atoms with Crippen molar-refractivity contribution in [2.75, 3.05) is 31.1 Å². The molecule has 0 heterocycles. The lowest BCUT2D eigenvalue weighted by molar-refractivity contribution is -0.119. The molecule has 0 radical (unpaired) electrons. The van der Waals surface area contributed by atoms with Crippen molar-refractivity contribution < 1.29 is 26.7 Å². The number of carbonyl (C=O) groups is 1. The van der Waals surface area contributed by atoms with Crippen LogP contribution in [-0.2, 0) is 19.6 Å². The number of sulfonamides is 1. The van der Waals surface area contributed by atoms with Crippen LogP contribution in [-0.4, -0.2) is 41.1 Å². The average Bonchev–Trinajstić information content (AvgIpc) is 2.64. The molecule has 0 unspecified atom stereocenters. The predicted molar refractivity (Wildman–Crippen MR) is 96.8 cm³/mol. The summed E-state index contributed by atoms with van der Waals surface area (Å²) in [6, 6.07) is 8.96. The summed E-state index contributed by atoms with van der Waals surface area (Å²) in [7, 11) is -2.62. The van der Waals surface area contributed by atoms with Crippen LogP contribution in [0, 0.1) is 11.6 Å². The Morgan fingerprint density at radius 2 is 1.59 bits per heavy atom. The van der Waals surface area contributed by atoms with Gasteiger partial charge in [-0.25, -0.2) is 17.2 Å². The molecule has 0 aliphatic heterocycles. The van der Waals surface area contributed by atoms with Gasteiger partial charge in [-0.05, 0) is 55.0 Å². The highest BCUT2D eigenvalue weighted by molar-refractivity contribution is 7.92. The minimum atomic E-state index is -4.16. The van der Waals surface area contributed by atoms with Crippen LogP contribution >= 0.6 is 0 Å². The molecular weight excluding hydrogens is 378 g/mol. The van der Waals surface area contributed by atoms with E-state index in [1.807, 2.05) is 0 Å². The molecule has 6 nitrogen and oxygen atoms in total. The molecular formula is C18H20F2N2O4S. The number of anilines is 1. The molecule has 1 amide bonds. The Labute approximate surface area is 156 Å². The summed E-state index contributed by atoms with van der Waals surface area (Å²) in [5.74, 6) is -1.65. The van der Waals surface area contributed by atoms with Crippen molar-refractivity contribution in [2.45, 2.75) is 11.3 Å². The third-order valence-corrected chi connectivity index (χ3v) is 5.44. The number of amides is 1. The number of hydrogen-bond donors (Lipinski definition) is 1. The maximum atomic E-state index is 13.2. The first kappa shape index (κ1) is 20.8. The van der Waals surface area contributed by atoms with Gasteiger partial charge in [0, 0.05) is 20.3 Å². The fourth-order valence-electron chi connectivity index (χ4n) is 2.29. The van der Waals surface area contributed by atoms with Crippen molar-refractivity contribution in [1.29, 1.82) is 0 Å². The van der Waals surface area contributed by atoms with Crippen LogP contribution in [0.4, 0.5) is 14.5 Å². The highest BCUT2D eigenvalue weighted by Crippen LogP contribution is 2.24. The molecule has 0 aliphatic rings. The molecule has 2 aromatic carbocycles. The van der Waals surface area contributed by atoms with E-state index in [1.165, 1.54) is 19.2 Å². The van der Waals surface area contributed by atoms with Gasteiger partial charge in [0.1, 0.15) is 18.2 Å². The second-order valence-corrected chi connectivity index (χ2v) is 7.50. The van der Waals surface area contributed by atoms with E-state index >= 15 is 0 Å². The van der Waals surface area contributed by atoms with Gasteiger partial charge in [-0.1, -0.05) is 0 Å². The lowest BCUT2D eigenvalue weighted by Gasteiger charge is -2.24. The van der Waals surface area contributed by atoms with Crippen LogP contribution in [0.1, 0.15) is 6.42 Å². The van der Waals surface area contributed by atoms with E-state index < -0.39 is 34.1 Å². The van der Waals surface area contributed by atoms with Gasteiger partial charge < -0.3 is 10.1 Å². The molecule has 0 spiro atoms. The van der Waals surface area contributed by atoms with E-state index in [2.05, 4.69) is 5.32 Å². The third kappa shape index (κ3) is 5.73. The van der Waals surface area contributed by atoms with Crippen molar-refractivity contribution >= 4 is 21.6 Å². The Kier molecular flexibility index (Phi) is 7.26. The van der Waals surface area contributed by atoms with E-state index in [0.717, 1.165) is 40.7 Å². The van der Waals surface area contributed by atoms with Gasteiger partial charge >= 0.3 is 0 Å². The summed E-state index contributed by atoms with van der Waals surface area (Å²) < 4.78 is 58.0. The second kappa shape index (κ2) is 9.43. The number of carbonyl (C=O) groups excluding carboxylic acids is 1. The fourth-order valence-corrected chi connectivity index (χ4v) is 3.71. The van der Waals surface area contributed by atoms with Gasteiger partial charge in [0.05, 0.1) is 10.6 Å². The zero-order valence-corrected chi connectivity index (χ0v) is 15.5. The van der Waals surface area contributed by atoms with Gasteiger partial charge in [-0.15, -0.1) is 0 Å². The Morgan fingerprint density at radius 1 is 1.04 bits per heavy atom. The smallest absolute Gasteiger partial charge is 0.264 e. The first-order chi connectivity index (χ1) is 12.8. The summed E-state index contributed by atoms with van der Waals surface area (Å²) in [6.45, 7) is 0.273. The zero-order valence-electron chi connectivity index (χ0n) is 14.7. The van der Waals surface area contributed by atoms with Gasteiger partial charge in [0.15, 0.2) is 0 Å². The van der Waals surface area contributed by atoms with Gasteiger partial charge in [0.25, 0.3) is 10.0 Å². The molecule has 27 heavy (non-hydrogen) atoms. The Balaban J connectivity index is 2.28. The van der Waals surface area contributed by atoms with Gasteiger partial charge in [0.2, 0.25) is 5.91 Å². The van der Waals surface area contributed by atoms with Crippen LogP contribution in [0.5, 0.6) is 0 Å². The molecule has 0 aliphatic carbocycles. The number of rotatable bonds is 9. The van der Waals surface area contributed by atoms with E-state index in [9.17, 15) is 22.0 Å². The number of benzene rings is 2. The summed E-state index contributed by atoms with van der Waals surface area (Å²) >= 11 is 0. The van der Waals surface area contributed by atoms with Crippen molar-refractivity contribution in [3.63, 3.8) is 0 Å². The minimum Gasteiger partial charge on any atom is -0.385 e. The SMILES string of the molecule is COCCCNC(=O)CN(c1ccc(F)cc1)S(=O)(=O)c1ccc(F)cc1. The van der Waals surface area contributed by atoms with Crippen LogP contribution < -0.4 is 9.62 Å². The first-order valence-corrected chi connectivity index (χ1v) is 9.58. The van der Waals surface area contributed by atoms with Crippen molar-refractivity contribution in [3.8, 4) is 0 Å². The van der Waals surface area contributed by atoms with Gasteiger partial charge in [-0.3, -0.25) is 9.10 Å². The molecule has 0 aromatic heterocycles. The standard InChI is InChI=1S/C18H20F2N2O4S/c1-26-12-2-11-21-18(23)13-22(16-7-3-14(19)4-8-16)27(24,25)17-9-5-15(20)6-10-17/h3-10H,2,11-13H2,1H3,(H,21,23). The molecule has 1 N–H and O–H groups in total. The van der Waals surface area contributed by atoms with Crippen molar-refractivity contribution in [3.05, 3.63) is 60.2 Å². The fraction of sp³-hybridized carbons (Fsp3) is 0.278. The third-order valence-electron chi connectivity index (χ3n) is 3.65. The van der Waals surface area contributed by atoms with Crippen molar-refractivity contribution in [2.24, 2.45) is 0 Å². The minimum absolute atomic E-state index is 0.118.